The number of aliphatic hydroxyl groups excluding tert-OH is 2. The number of hydrogen-bond acceptors (Lipinski definition) is 10. The Morgan fingerprint density at radius 3 is 1.41 bits per heavy atom. The molecule has 12 nitrogen and oxygen atoms in total. The van der Waals surface area contributed by atoms with Crippen LogP contribution < -0.4 is 0 Å². The average molecular weight is 482 g/mol. The van der Waals surface area contributed by atoms with Crippen LogP contribution in [-0.4, -0.2) is 53.7 Å². The van der Waals surface area contributed by atoms with Crippen LogP contribution in [0.4, 0.5) is 11.4 Å². The standard InChI is InChI=1S/C18H18N4O8S2/c23-11-17(25)19(9-13-5-1-3-7-15(13)21(27)28)31-32-20(18(26)12-24)10-14-6-2-4-8-16(14)22(29)30/h1-8,23-24H,9-12H2. The highest BCUT2D eigenvalue weighted by Gasteiger charge is 2.25. The van der Waals surface area contributed by atoms with Crippen LogP contribution in [0.3, 0.4) is 0 Å². The molecule has 14 heteroatoms. The Kier molecular flexibility index (Phi) is 9.39. The minimum atomic E-state index is -0.883. The van der Waals surface area contributed by atoms with Gasteiger partial charge < -0.3 is 10.2 Å². The van der Waals surface area contributed by atoms with Gasteiger partial charge in [0.2, 0.25) is 0 Å². The van der Waals surface area contributed by atoms with E-state index in [0.717, 1.165) is 8.61 Å². The van der Waals surface area contributed by atoms with Gasteiger partial charge in [-0.3, -0.25) is 38.4 Å². The Hall–Kier alpha value is -3.20. The zero-order chi connectivity index (χ0) is 23.7. The van der Waals surface area contributed by atoms with Gasteiger partial charge in [-0.15, -0.1) is 0 Å². The van der Waals surface area contributed by atoms with Gasteiger partial charge in [-0.1, -0.05) is 36.4 Å². The molecule has 0 aliphatic heterocycles. The summed E-state index contributed by atoms with van der Waals surface area (Å²) >= 11 is 0. The maximum Gasteiger partial charge on any atom is 0.274 e. The van der Waals surface area contributed by atoms with Gasteiger partial charge in [0.25, 0.3) is 23.2 Å². The average Bonchev–Trinajstić information content (AvgIpc) is 2.79. The largest absolute Gasteiger partial charge is 0.386 e. The van der Waals surface area contributed by atoms with Crippen molar-refractivity contribution in [1.82, 2.24) is 8.61 Å². The summed E-state index contributed by atoms with van der Waals surface area (Å²) in [6.07, 6.45) is 0. The molecule has 0 bridgehead atoms. The molecule has 0 spiro atoms. The van der Waals surface area contributed by atoms with Crippen molar-refractivity contribution in [2.75, 3.05) is 13.2 Å². The van der Waals surface area contributed by atoms with Crippen molar-refractivity contribution < 1.29 is 29.6 Å². The molecule has 170 valence electrons. The van der Waals surface area contributed by atoms with Crippen molar-refractivity contribution in [2.45, 2.75) is 13.1 Å². The van der Waals surface area contributed by atoms with E-state index in [9.17, 15) is 40.0 Å². The lowest BCUT2D eigenvalue weighted by atomic mass is 10.2. The first kappa shape index (κ1) is 25.1. The van der Waals surface area contributed by atoms with Gasteiger partial charge in [0.05, 0.1) is 34.1 Å². The lowest BCUT2D eigenvalue weighted by Gasteiger charge is -2.24. The van der Waals surface area contributed by atoms with Gasteiger partial charge >= 0.3 is 0 Å². The monoisotopic (exact) mass is 482 g/mol. The number of carbonyl (C=O) groups excluding carboxylic acids is 2. The Morgan fingerprint density at radius 1 is 0.750 bits per heavy atom. The molecule has 2 aromatic rings. The molecule has 2 aromatic carbocycles. The van der Waals surface area contributed by atoms with Gasteiger partial charge in [0, 0.05) is 34.1 Å². The number of nitrogens with zero attached hydrogens (tertiary/aromatic N) is 4. The summed E-state index contributed by atoms with van der Waals surface area (Å²) in [5, 5.41) is 41.0. The first-order chi connectivity index (χ1) is 15.3. The summed E-state index contributed by atoms with van der Waals surface area (Å²) in [5.41, 5.74) is -0.0497. The second-order valence-corrected chi connectivity index (χ2v) is 8.17. The molecule has 0 saturated carbocycles. The van der Waals surface area contributed by atoms with Crippen molar-refractivity contribution >= 4 is 45.1 Å². The number of hydrogen-bond donors (Lipinski definition) is 2. The van der Waals surface area contributed by atoms with E-state index in [1.54, 1.807) is 12.1 Å². The predicted octanol–water partition coefficient (Wildman–Crippen LogP) is 2.06. The van der Waals surface area contributed by atoms with E-state index in [4.69, 9.17) is 0 Å². The van der Waals surface area contributed by atoms with Crippen molar-refractivity contribution in [3.63, 3.8) is 0 Å². The van der Waals surface area contributed by atoms with Gasteiger partial charge in [-0.2, -0.15) is 0 Å². The highest BCUT2D eigenvalue weighted by molar-refractivity contribution is 8.75. The van der Waals surface area contributed by atoms with E-state index in [0.29, 0.717) is 22.0 Å². The Morgan fingerprint density at radius 2 is 1.09 bits per heavy atom. The lowest BCUT2D eigenvalue weighted by molar-refractivity contribution is -0.385. The topological polar surface area (TPSA) is 167 Å². The van der Waals surface area contributed by atoms with Crippen molar-refractivity contribution in [1.29, 1.82) is 0 Å². The van der Waals surface area contributed by atoms with Crippen LogP contribution in [0.2, 0.25) is 0 Å². The fourth-order valence-corrected chi connectivity index (χ4v) is 4.63. The van der Waals surface area contributed by atoms with E-state index in [-0.39, 0.29) is 35.6 Å². The zero-order valence-electron chi connectivity index (χ0n) is 16.4. The van der Waals surface area contributed by atoms with Crippen molar-refractivity contribution in [3.8, 4) is 0 Å². The number of rotatable bonds is 11. The highest BCUT2D eigenvalue weighted by atomic mass is 33.1. The molecule has 2 amide bonds. The number of carbonyl (C=O) groups is 2. The summed E-state index contributed by atoms with van der Waals surface area (Å²) in [5.74, 6) is -1.55. The van der Waals surface area contributed by atoms with Crippen LogP contribution in [0.5, 0.6) is 0 Å². The zero-order valence-corrected chi connectivity index (χ0v) is 18.0. The quantitative estimate of drug-likeness (QED) is 0.209. The van der Waals surface area contributed by atoms with Gasteiger partial charge in [0.15, 0.2) is 0 Å². The van der Waals surface area contributed by atoms with Gasteiger partial charge in [-0.05, 0) is 0 Å². The molecular weight excluding hydrogens is 464 g/mol. The van der Waals surface area contributed by atoms with Crippen LogP contribution in [0.15, 0.2) is 48.5 Å². The molecule has 0 radical (unpaired) electrons. The van der Waals surface area contributed by atoms with Crippen molar-refractivity contribution in [2.24, 2.45) is 0 Å². The highest BCUT2D eigenvalue weighted by Crippen LogP contribution is 2.35. The maximum atomic E-state index is 12.2. The third-order valence-corrected chi connectivity index (χ3v) is 6.42. The molecule has 2 rings (SSSR count). The predicted molar refractivity (Wildman–Crippen MR) is 117 cm³/mol. The first-order valence-corrected chi connectivity index (χ1v) is 11.0. The smallest absolute Gasteiger partial charge is 0.274 e. The molecular formula is C18H18N4O8S2. The summed E-state index contributed by atoms with van der Waals surface area (Å²) in [4.78, 5) is 45.6. The Balaban J connectivity index is 2.23. The number of aliphatic hydroxyl groups is 2. The normalized spacial score (nSPS) is 10.4. The minimum Gasteiger partial charge on any atom is -0.386 e. The van der Waals surface area contributed by atoms with E-state index in [1.807, 2.05) is 0 Å². The number of benzene rings is 2. The van der Waals surface area contributed by atoms with E-state index in [1.165, 1.54) is 36.4 Å². The summed E-state index contributed by atoms with van der Waals surface area (Å²) < 4.78 is 2.04. The molecule has 2 N–H and O–H groups in total. The second-order valence-electron chi connectivity index (χ2n) is 6.10. The number of para-hydroxylation sites is 2. The van der Waals surface area contributed by atoms with Crippen LogP contribution in [0.1, 0.15) is 11.1 Å². The number of amides is 2. The number of nitro groups is 2. The minimum absolute atomic E-state index is 0.200. The van der Waals surface area contributed by atoms with Crippen LogP contribution in [0.25, 0.3) is 0 Å². The molecule has 0 atom stereocenters. The molecule has 0 heterocycles. The molecule has 0 aliphatic carbocycles. The van der Waals surface area contributed by atoms with E-state index in [2.05, 4.69) is 0 Å². The third-order valence-electron chi connectivity index (χ3n) is 4.04. The van der Waals surface area contributed by atoms with Gasteiger partial charge in [0.1, 0.15) is 13.2 Å². The summed E-state index contributed by atoms with van der Waals surface area (Å²) in [6.45, 7) is -2.26. The molecule has 0 saturated heterocycles. The fourth-order valence-electron chi connectivity index (χ4n) is 2.51. The van der Waals surface area contributed by atoms with Crippen LogP contribution in [-0.2, 0) is 22.7 Å². The summed E-state index contributed by atoms with van der Waals surface area (Å²) in [7, 11) is 1.39. The second kappa shape index (κ2) is 12.0. The molecule has 0 unspecified atom stereocenters. The molecule has 0 aromatic heterocycles. The third kappa shape index (κ3) is 6.65. The number of nitro benzene ring substituents is 2. The lowest BCUT2D eigenvalue weighted by Crippen LogP contribution is -2.30. The van der Waals surface area contributed by atoms with E-state index < -0.39 is 34.9 Å². The van der Waals surface area contributed by atoms with Crippen LogP contribution >= 0.6 is 22.0 Å². The SMILES string of the molecule is O=C(CO)N(Cc1ccccc1[N+](=O)[O-])SSN(Cc1ccccc1[N+](=O)[O-])C(=O)CO. The van der Waals surface area contributed by atoms with Crippen LogP contribution in [0, 0.1) is 20.2 Å². The van der Waals surface area contributed by atoms with Crippen molar-refractivity contribution in [3.05, 3.63) is 79.9 Å². The molecule has 0 aliphatic rings. The molecule has 32 heavy (non-hydrogen) atoms. The Labute approximate surface area is 189 Å². The van der Waals surface area contributed by atoms with Gasteiger partial charge in [-0.25, -0.2) is 0 Å². The summed E-state index contributed by atoms with van der Waals surface area (Å²) in [6, 6.07) is 11.5. The first-order valence-electron chi connectivity index (χ1n) is 8.90. The fraction of sp³-hybridized carbons (Fsp3) is 0.222. The Bertz CT molecular complexity index is 927. The van der Waals surface area contributed by atoms with E-state index >= 15 is 0 Å². The maximum absolute atomic E-state index is 12.2. The molecule has 0 fully saturated rings.